The third kappa shape index (κ3) is 9.09. The average Bonchev–Trinajstić information content (AvgIpc) is 2.64. The average molecular weight is 528 g/mol. The van der Waals surface area contributed by atoms with Gasteiger partial charge in [-0.05, 0) is 24.8 Å². The summed E-state index contributed by atoms with van der Waals surface area (Å²) < 4.78 is 41.5. The molecule has 1 aliphatic rings. The second-order valence-corrected chi connectivity index (χ2v) is 6.85. The first-order valence-corrected chi connectivity index (χ1v) is 9.34. The van der Waals surface area contributed by atoms with Crippen molar-refractivity contribution in [2.24, 2.45) is 10.9 Å². The van der Waals surface area contributed by atoms with E-state index in [9.17, 15) is 18.0 Å². The Morgan fingerprint density at radius 1 is 1.31 bits per heavy atom. The number of hydrogen-bond donors (Lipinski definition) is 2. The number of nitrogens with zero attached hydrogens (tertiary/aromatic N) is 2. The summed E-state index contributed by atoms with van der Waals surface area (Å²) in [7, 11) is 1.56. The molecule has 1 fully saturated rings. The van der Waals surface area contributed by atoms with E-state index in [0.29, 0.717) is 30.4 Å². The van der Waals surface area contributed by atoms with Crippen LogP contribution >= 0.6 is 24.0 Å². The van der Waals surface area contributed by atoms with Gasteiger partial charge in [-0.1, -0.05) is 25.1 Å². The zero-order valence-corrected chi connectivity index (χ0v) is 18.9. The number of alkyl halides is 3. The van der Waals surface area contributed by atoms with Gasteiger partial charge in [-0.25, -0.2) is 0 Å². The van der Waals surface area contributed by atoms with Crippen LogP contribution in [-0.2, 0) is 11.3 Å². The third-order valence-corrected chi connectivity index (χ3v) is 4.51. The second kappa shape index (κ2) is 12.1. The predicted octanol–water partition coefficient (Wildman–Crippen LogP) is 3.52. The van der Waals surface area contributed by atoms with Crippen LogP contribution in [0.3, 0.4) is 0 Å². The molecule has 0 radical (unpaired) electrons. The van der Waals surface area contributed by atoms with E-state index in [2.05, 4.69) is 27.3 Å². The molecule has 2 rings (SSSR count). The van der Waals surface area contributed by atoms with Crippen LogP contribution in [-0.4, -0.2) is 49.8 Å². The number of halogens is 4. The van der Waals surface area contributed by atoms with Crippen molar-refractivity contribution < 1.29 is 22.7 Å². The molecule has 6 nitrogen and oxygen atoms in total. The molecule has 0 saturated carbocycles. The molecule has 1 aromatic rings. The molecule has 1 unspecified atom stereocenters. The van der Waals surface area contributed by atoms with Crippen LogP contribution in [0.25, 0.3) is 0 Å². The fraction of sp³-hybridized carbons (Fsp3) is 0.579. The van der Waals surface area contributed by atoms with Crippen LogP contribution in [0.4, 0.5) is 13.2 Å². The van der Waals surface area contributed by atoms with Crippen molar-refractivity contribution in [2.75, 3.05) is 26.7 Å². The molecule has 0 bridgehead atoms. The van der Waals surface area contributed by atoms with Crippen molar-refractivity contribution in [3.8, 4) is 5.75 Å². The van der Waals surface area contributed by atoms with E-state index in [1.807, 2.05) is 4.90 Å². The van der Waals surface area contributed by atoms with Crippen LogP contribution in [0.15, 0.2) is 29.3 Å². The van der Waals surface area contributed by atoms with Crippen LogP contribution in [0.1, 0.15) is 31.7 Å². The fourth-order valence-corrected chi connectivity index (χ4v) is 3.14. The standard InChI is InChI=1S/C19H27F3N4O2.HI/c1-14-6-5-11-26(13-14)17(27)9-10-24-18(23-2)25-12-15-7-3-4-8-16(15)28-19(20,21)22;/h3-4,7-8,14H,5-6,9-13H2,1-2H3,(H2,23,24,25);1H. The topological polar surface area (TPSA) is 66.0 Å². The smallest absolute Gasteiger partial charge is 0.405 e. The van der Waals surface area contributed by atoms with Gasteiger partial charge in [0, 0.05) is 45.2 Å². The summed E-state index contributed by atoms with van der Waals surface area (Å²) in [6.07, 6.45) is -2.23. The highest BCUT2D eigenvalue weighted by Gasteiger charge is 2.32. The number of likely N-dealkylation sites (tertiary alicyclic amines) is 1. The molecule has 1 saturated heterocycles. The van der Waals surface area contributed by atoms with Gasteiger partial charge in [0.05, 0.1) is 0 Å². The summed E-state index contributed by atoms with van der Waals surface area (Å²) in [4.78, 5) is 18.2. The van der Waals surface area contributed by atoms with Gasteiger partial charge in [-0.3, -0.25) is 9.79 Å². The first-order valence-electron chi connectivity index (χ1n) is 9.34. The Kier molecular flexibility index (Phi) is 10.5. The van der Waals surface area contributed by atoms with Gasteiger partial charge in [-0.15, -0.1) is 37.1 Å². The van der Waals surface area contributed by atoms with Crippen molar-refractivity contribution in [2.45, 2.75) is 39.1 Å². The zero-order valence-electron chi connectivity index (χ0n) is 16.6. The second-order valence-electron chi connectivity index (χ2n) is 6.85. The number of para-hydroxylation sites is 1. The molecule has 1 amide bonds. The normalized spacial score (nSPS) is 17.3. The molecule has 0 aromatic heterocycles. The Balaban J connectivity index is 0.00000420. The van der Waals surface area contributed by atoms with Gasteiger partial charge in [0.25, 0.3) is 0 Å². The lowest BCUT2D eigenvalue weighted by atomic mass is 10.00. The number of aliphatic imine (C=N–C) groups is 1. The predicted molar refractivity (Wildman–Crippen MR) is 116 cm³/mol. The SMILES string of the molecule is CN=C(NCCC(=O)N1CCCC(C)C1)NCc1ccccc1OC(F)(F)F.I. The lowest BCUT2D eigenvalue weighted by Crippen LogP contribution is -2.42. The van der Waals surface area contributed by atoms with Gasteiger partial charge < -0.3 is 20.3 Å². The van der Waals surface area contributed by atoms with Gasteiger partial charge >= 0.3 is 6.36 Å². The van der Waals surface area contributed by atoms with E-state index in [1.165, 1.54) is 12.1 Å². The van der Waals surface area contributed by atoms with Crippen LogP contribution in [0.2, 0.25) is 0 Å². The van der Waals surface area contributed by atoms with Gasteiger partial charge in [0.15, 0.2) is 5.96 Å². The van der Waals surface area contributed by atoms with E-state index >= 15 is 0 Å². The Morgan fingerprint density at radius 2 is 2.03 bits per heavy atom. The summed E-state index contributed by atoms with van der Waals surface area (Å²) >= 11 is 0. The van der Waals surface area contributed by atoms with E-state index < -0.39 is 6.36 Å². The van der Waals surface area contributed by atoms with Crippen molar-refractivity contribution in [3.05, 3.63) is 29.8 Å². The zero-order chi connectivity index (χ0) is 20.6. The molecule has 1 atom stereocenters. The van der Waals surface area contributed by atoms with Crippen molar-refractivity contribution in [1.29, 1.82) is 0 Å². The van der Waals surface area contributed by atoms with Gasteiger partial charge in [0.2, 0.25) is 5.91 Å². The lowest BCUT2D eigenvalue weighted by Gasteiger charge is -2.31. The Labute approximate surface area is 186 Å². The van der Waals surface area contributed by atoms with Gasteiger partial charge in [0.1, 0.15) is 5.75 Å². The van der Waals surface area contributed by atoms with Crippen molar-refractivity contribution in [1.82, 2.24) is 15.5 Å². The van der Waals surface area contributed by atoms with Gasteiger partial charge in [-0.2, -0.15) is 0 Å². The number of hydrogen-bond acceptors (Lipinski definition) is 3. The summed E-state index contributed by atoms with van der Waals surface area (Å²) in [5.41, 5.74) is 0.348. The Morgan fingerprint density at radius 3 is 2.69 bits per heavy atom. The highest BCUT2D eigenvalue weighted by atomic mass is 127. The van der Waals surface area contributed by atoms with E-state index in [1.54, 1.807) is 19.2 Å². The molecular formula is C19H28F3IN4O2. The minimum absolute atomic E-state index is 0. The molecule has 0 aliphatic carbocycles. The number of carbonyl (C=O) groups excluding carboxylic acids is 1. The van der Waals surface area contributed by atoms with E-state index in [4.69, 9.17) is 0 Å². The molecule has 10 heteroatoms. The molecule has 29 heavy (non-hydrogen) atoms. The number of piperidine rings is 1. The Bertz CT molecular complexity index is 686. The largest absolute Gasteiger partial charge is 0.573 e. The fourth-order valence-electron chi connectivity index (χ4n) is 3.14. The number of carbonyl (C=O) groups is 1. The van der Waals surface area contributed by atoms with Crippen LogP contribution in [0, 0.1) is 5.92 Å². The summed E-state index contributed by atoms with van der Waals surface area (Å²) in [6.45, 7) is 4.23. The number of guanidine groups is 1. The molecule has 1 heterocycles. The maximum atomic E-state index is 12.5. The lowest BCUT2D eigenvalue weighted by molar-refractivity contribution is -0.274. The molecule has 1 aromatic carbocycles. The minimum Gasteiger partial charge on any atom is -0.405 e. The summed E-state index contributed by atoms with van der Waals surface area (Å²) in [5.74, 6) is 0.770. The molecule has 164 valence electrons. The molecule has 2 N–H and O–H groups in total. The first kappa shape index (κ1) is 25.3. The maximum Gasteiger partial charge on any atom is 0.573 e. The number of nitrogens with one attached hydrogen (secondary N) is 2. The minimum atomic E-state index is -4.75. The van der Waals surface area contributed by atoms with Crippen LogP contribution in [0.5, 0.6) is 5.75 Å². The highest BCUT2D eigenvalue weighted by Crippen LogP contribution is 2.26. The number of amides is 1. The highest BCUT2D eigenvalue weighted by molar-refractivity contribution is 14.0. The summed E-state index contributed by atoms with van der Waals surface area (Å²) in [6, 6.07) is 5.92. The quantitative estimate of drug-likeness (QED) is 0.337. The first-order chi connectivity index (χ1) is 13.3. The van der Waals surface area contributed by atoms with Crippen molar-refractivity contribution >= 4 is 35.8 Å². The van der Waals surface area contributed by atoms with E-state index in [0.717, 1.165) is 25.9 Å². The monoisotopic (exact) mass is 528 g/mol. The maximum absolute atomic E-state index is 12.5. The third-order valence-electron chi connectivity index (χ3n) is 4.51. The van der Waals surface area contributed by atoms with Crippen LogP contribution < -0.4 is 15.4 Å². The molecule has 1 aliphatic heterocycles. The molecular weight excluding hydrogens is 500 g/mol. The number of ether oxygens (including phenoxy) is 1. The summed E-state index contributed by atoms with van der Waals surface area (Å²) in [5, 5.41) is 5.96. The number of benzene rings is 1. The number of rotatable bonds is 6. The Hall–Kier alpha value is -1.72. The molecule has 0 spiro atoms. The van der Waals surface area contributed by atoms with E-state index in [-0.39, 0.29) is 42.2 Å². The van der Waals surface area contributed by atoms with Crippen molar-refractivity contribution in [3.63, 3.8) is 0 Å².